The molecule has 14 heavy (non-hydrogen) atoms. The Morgan fingerprint density at radius 2 is 1.71 bits per heavy atom. The zero-order chi connectivity index (χ0) is 11.4. The molecular weight excluding hydrogens is 180 g/mol. The van der Waals surface area contributed by atoms with Gasteiger partial charge in [0.1, 0.15) is 0 Å². The fraction of sp³-hybridized carbons (Fsp3) is 0.909. The third kappa shape index (κ3) is 22.5. The van der Waals surface area contributed by atoms with Gasteiger partial charge < -0.3 is 10.2 Å². The van der Waals surface area contributed by atoms with Crippen LogP contribution in [0, 0.1) is 0 Å². The molecule has 0 aliphatic heterocycles. The number of unbranched alkanes of at least 4 members (excludes halogenated alkanes) is 3. The molecule has 0 radical (unpaired) electrons. The van der Waals surface area contributed by atoms with Crippen LogP contribution >= 0.6 is 0 Å². The average Bonchev–Trinajstić information content (AvgIpc) is 2.13. The van der Waals surface area contributed by atoms with E-state index >= 15 is 0 Å². The summed E-state index contributed by atoms with van der Waals surface area (Å²) in [6.45, 7) is 5.65. The molecule has 0 spiro atoms. The number of carbonyl (C=O) groups is 1. The molecule has 0 saturated heterocycles. The summed E-state index contributed by atoms with van der Waals surface area (Å²) in [4.78, 5) is 9.37. The fourth-order valence-corrected chi connectivity index (χ4v) is 0.867. The number of hydrogen-bond donors (Lipinski definition) is 2. The molecule has 0 amide bonds. The Bertz CT molecular complexity index is 122. The molecule has 0 bridgehead atoms. The van der Waals surface area contributed by atoms with Crippen molar-refractivity contribution in [3.05, 3.63) is 0 Å². The summed E-state index contributed by atoms with van der Waals surface area (Å²) in [5.74, 6) is -0.745. The number of carboxylic acids is 1. The van der Waals surface area contributed by atoms with Gasteiger partial charge in [-0.05, 0) is 13.3 Å². The van der Waals surface area contributed by atoms with Gasteiger partial charge in [-0.1, -0.05) is 39.5 Å². The van der Waals surface area contributed by atoms with Crippen molar-refractivity contribution in [2.45, 2.75) is 65.4 Å². The Morgan fingerprint density at radius 3 is 2.00 bits per heavy atom. The van der Waals surface area contributed by atoms with Crippen LogP contribution in [-0.2, 0) is 4.79 Å². The van der Waals surface area contributed by atoms with Crippen molar-refractivity contribution in [2.75, 3.05) is 0 Å². The van der Waals surface area contributed by atoms with Crippen LogP contribution in [0.5, 0.6) is 0 Å². The van der Waals surface area contributed by atoms with Crippen molar-refractivity contribution in [2.24, 2.45) is 0 Å². The maximum absolute atomic E-state index is 9.37. The molecule has 0 rings (SSSR count). The number of aliphatic carboxylic acids is 1. The molecule has 0 aromatic heterocycles. The van der Waals surface area contributed by atoms with Crippen molar-refractivity contribution < 1.29 is 15.0 Å². The van der Waals surface area contributed by atoms with Crippen LogP contribution in [0.15, 0.2) is 0 Å². The summed E-state index contributed by atoms with van der Waals surface area (Å²) in [5.41, 5.74) is 0. The highest BCUT2D eigenvalue weighted by Crippen LogP contribution is 2.04. The maximum atomic E-state index is 9.37. The van der Waals surface area contributed by atoms with Crippen LogP contribution in [-0.4, -0.2) is 22.3 Å². The quantitative estimate of drug-likeness (QED) is 0.654. The summed E-state index contributed by atoms with van der Waals surface area (Å²) < 4.78 is 0. The zero-order valence-electron chi connectivity index (χ0n) is 9.62. The van der Waals surface area contributed by atoms with Gasteiger partial charge in [0.2, 0.25) is 0 Å². The first-order valence-corrected chi connectivity index (χ1v) is 5.44. The molecule has 0 heterocycles. The molecule has 0 fully saturated rings. The van der Waals surface area contributed by atoms with Gasteiger partial charge in [0.15, 0.2) is 0 Å². The Labute approximate surface area is 87.1 Å². The SMILES string of the molecule is CCC(=O)O.CCCCCCC(C)O. The lowest BCUT2D eigenvalue weighted by Crippen LogP contribution is -1.97. The minimum atomic E-state index is -0.745. The van der Waals surface area contributed by atoms with Gasteiger partial charge in [-0.15, -0.1) is 0 Å². The minimum Gasteiger partial charge on any atom is -0.481 e. The lowest BCUT2D eigenvalue weighted by atomic mass is 10.1. The molecule has 3 heteroatoms. The smallest absolute Gasteiger partial charge is 0.303 e. The lowest BCUT2D eigenvalue weighted by Gasteiger charge is -2.01. The van der Waals surface area contributed by atoms with Gasteiger partial charge in [-0.3, -0.25) is 4.79 Å². The predicted octanol–water partition coefficient (Wildman–Crippen LogP) is 2.82. The van der Waals surface area contributed by atoms with Crippen molar-refractivity contribution in [3.8, 4) is 0 Å². The number of carboxylic acid groups (broad SMARTS) is 1. The van der Waals surface area contributed by atoms with Crippen LogP contribution in [0.4, 0.5) is 0 Å². The molecule has 0 aliphatic rings. The van der Waals surface area contributed by atoms with Crippen molar-refractivity contribution in [1.82, 2.24) is 0 Å². The molecule has 3 nitrogen and oxygen atoms in total. The zero-order valence-corrected chi connectivity index (χ0v) is 9.62. The molecule has 2 N–H and O–H groups in total. The standard InChI is InChI=1S/C8H18O.C3H6O2/c1-3-4-5-6-7-8(2)9;1-2-3(4)5/h8-9H,3-7H2,1-2H3;2H2,1H3,(H,4,5). The monoisotopic (exact) mass is 204 g/mol. The van der Waals surface area contributed by atoms with E-state index in [-0.39, 0.29) is 12.5 Å². The van der Waals surface area contributed by atoms with Gasteiger partial charge in [0, 0.05) is 6.42 Å². The summed E-state index contributed by atoms with van der Waals surface area (Å²) in [5, 5.41) is 16.6. The van der Waals surface area contributed by atoms with Crippen LogP contribution in [0.2, 0.25) is 0 Å². The number of rotatable bonds is 6. The van der Waals surface area contributed by atoms with Crippen molar-refractivity contribution >= 4 is 5.97 Å². The highest BCUT2D eigenvalue weighted by molar-refractivity contribution is 5.66. The van der Waals surface area contributed by atoms with Gasteiger partial charge in [-0.25, -0.2) is 0 Å². The Balaban J connectivity index is 0. The molecule has 0 aromatic carbocycles. The molecule has 0 aromatic rings. The van der Waals surface area contributed by atoms with E-state index in [9.17, 15) is 4.79 Å². The third-order valence-electron chi connectivity index (χ3n) is 1.78. The number of aliphatic hydroxyl groups is 1. The summed E-state index contributed by atoms with van der Waals surface area (Å²) in [6, 6.07) is 0. The van der Waals surface area contributed by atoms with E-state index in [0.29, 0.717) is 0 Å². The summed E-state index contributed by atoms with van der Waals surface area (Å²) in [7, 11) is 0. The van der Waals surface area contributed by atoms with Crippen LogP contribution in [0.1, 0.15) is 59.3 Å². The second-order valence-corrected chi connectivity index (χ2v) is 3.45. The maximum Gasteiger partial charge on any atom is 0.303 e. The highest BCUT2D eigenvalue weighted by Gasteiger charge is 1.93. The van der Waals surface area contributed by atoms with E-state index in [4.69, 9.17) is 10.2 Å². The van der Waals surface area contributed by atoms with Crippen LogP contribution in [0.25, 0.3) is 0 Å². The van der Waals surface area contributed by atoms with E-state index in [1.54, 1.807) is 6.92 Å². The topological polar surface area (TPSA) is 57.5 Å². The van der Waals surface area contributed by atoms with Crippen LogP contribution < -0.4 is 0 Å². The second-order valence-electron chi connectivity index (χ2n) is 3.45. The molecule has 1 unspecified atom stereocenters. The van der Waals surface area contributed by atoms with E-state index < -0.39 is 5.97 Å². The van der Waals surface area contributed by atoms with E-state index in [1.807, 2.05) is 6.92 Å². The molecular formula is C11H24O3. The number of hydrogen-bond acceptors (Lipinski definition) is 2. The first-order valence-electron chi connectivity index (χ1n) is 5.44. The molecule has 1 atom stereocenters. The lowest BCUT2D eigenvalue weighted by molar-refractivity contribution is -0.136. The first kappa shape index (κ1) is 15.9. The van der Waals surface area contributed by atoms with Crippen LogP contribution in [0.3, 0.4) is 0 Å². The fourth-order valence-electron chi connectivity index (χ4n) is 0.867. The largest absolute Gasteiger partial charge is 0.481 e. The first-order chi connectivity index (χ1) is 6.54. The molecule has 0 saturated carbocycles. The third-order valence-corrected chi connectivity index (χ3v) is 1.78. The summed E-state index contributed by atoms with van der Waals surface area (Å²) in [6.07, 6.45) is 6.15. The minimum absolute atomic E-state index is 0.0955. The molecule has 86 valence electrons. The van der Waals surface area contributed by atoms with E-state index in [2.05, 4.69) is 6.92 Å². The highest BCUT2D eigenvalue weighted by atomic mass is 16.4. The van der Waals surface area contributed by atoms with Gasteiger partial charge in [0.05, 0.1) is 6.10 Å². The Hall–Kier alpha value is -0.570. The average molecular weight is 204 g/mol. The van der Waals surface area contributed by atoms with E-state index in [0.717, 1.165) is 6.42 Å². The van der Waals surface area contributed by atoms with Crippen molar-refractivity contribution in [1.29, 1.82) is 0 Å². The normalized spacial score (nSPS) is 11.4. The predicted molar refractivity (Wildman–Crippen MR) is 58.4 cm³/mol. The molecule has 0 aliphatic carbocycles. The van der Waals surface area contributed by atoms with E-state index in [1.165, 1.54) is 25.7 Å². The number of aliphatic hydroxyl groups excluding tert-OH is 1. The van der Waals surface area contributed by atoms with Gasteiger partial charge in [-0.2, -0.15) is 0 Å². The van der Waals surface area contributed by atoms with Gasteiger partial charge >= 0.3 is 5.97 Å². The Kier molecular flexibility index (Phi) is 14.1. The van der Waals surface area contributed by atoms with Gasteiger partial charge in [0.25, 0.3) is 0 Å². The second kappa shape index (κ2) is 12.4. The Morgan fingerprint density at radius 1 is 1.21 bits per heavy atom. The summed E-state index contributed by atoms with van der Waals surface area (Å²) >= 11 is 0. The van der Waals surface area contributed by atoms with Crippen molar-refractivity contribution in [3.63, 3.8) is 0 Å².